The summed E-state index contributed by atoms with van der Waals surface area (Å²) in [5, 5.41) is 4.75. The van der Waals surface area contributed by atoms with Gasteiger partial charge in [-0.2, -0.15) is 5.10 Å². The van der Waals surface area contributed by atoms with Gasteiger partial charge in [0.25, 0.3) is 0 Å². The van der Waals surface area contributed by atoms with Gasteiger partial charge in [-0.05, 0) is 42.7 Å². The maximum absolute atomic E-state index is 11.7. The van der Waals surface area contributed by atoms with Gasteiger partial charge in [-0.3, -0.25) is 5.43 Å². The summed E-state index contributed by atoms with van der Waals surface area (Å²) < 4.78 is 10.5. The summed E-state index contributed by atoms with van der Waals surface area (Å²) in [6.07, 6.45) is 5.80. The van der Waals surface area contributed by atoms with Gasteiger partial charge in [0.2, 0.25) is 5.13 Å². The first-order valence-electron chi connectivity index (χ1n) is 8.77. The second-order valence-electron chi connectivity index (χ2n) is 5.63. The predicted molar refractivity (Wildman–Crippen MR) is 106 cm³/mol. The van der Waals surface area contributed by atoms with Gasteiger partial charge in [0.05, 0.1) is 25.6 Å². The Morgan fingerprint density at radius 2 is 2.04 bits per heavy atom. The van der Waals surface area contributed by atoms with Crippen molar-refractivity contribution < 1.29 is 14.3 Å². The van der Waals surface area contributed by atoms with Crippen molar-refractivity contribution in [3.8, 4) is 5.75 Å². The minimum Gasteiger partial charge on any atom is -0.494 e. The van der Waals surface area contributed by atoms with Gasteiger partial charge in [-0.15, -0.1) is 0 Å². The molecule has 0 saturated carbocycles. The molecule has 1 aromatic heterocycles. The fourth-order valence-electron chi connectivity index (χ4n) is 2.25. The molecule has 1 N–H and O–H groups in total. The van der Waals surface area contributed by atoms with E-state index in [0.29, 0.717) is 22.1 Å². The van der Waals surface area contributed by atoms with Gasteiger partial charge < -0.3 is 9.47 Å². The largest absolute Gasteiger partial charge is 0.494 e. The molecule has 1 heterocycles. The third-order valence-electron chi connectivity index (χ3n) is 3.67. The average Bonchev–Trinajstić information content (AvgIpc) is 3.09. The Labute approximate surface area is 158 Å². The molecule has 0 aliphatic rings. The molecule has 0 saturated heterocycles. The topological polar surface area (TPSA) is 72.8 Å². The number of nitrogens with zero attached hydrogens (tertiary/aromatic N) is 2. The maximum atomic E-state index is 11.7. The number of unbranched alkanes of at least 4 members (excludes halogenated alkanes) is 2. The van der Waals surface area contributed by atoms with Crippen LogP contribution in [0.2, 0.25) is 0 Å². The number of benzene rings is 1. The molecule has 0 amide bonds. The molecule has 0 aliphatic heterocycles. The van der Waals surface area contributed by atoms with Crippen LogP contribution in [0.3, 0.4) is 0 Å². The Kier molecular flexibility index (Phi) is 8.08. The van der Waals surface area contributed by atoms with Crippen molar-refractivity contribution in [3.63, 3.8) is 0 Å². The highest BCUT2D eigenvalue weighted by Gasteiger charge is 2.17. The number of aromatic nitrogens is 1. The number of aryl methyl sites for hydroxylation is 1. The summed E-state index contributed by atoms with van der Waals surface area (Å²) in [5.74, 6) is 0.493. The van der Waals surface area contributed by atoms with E-state index in [2.05, 4.69) is 22.4 Å². The van der Waals surface area contributed by atoms with E-state index in [0.717, 1.165) is 24.3 Å². The van der Waals surface area contributed by atoms with Crippen LogP contribution >= 0.6 is 11.3 Å². The monoisotopic (exact) mass is 375 g/mol. The van der Waals surface area contributed by atoms with Crippen LogP contribution in [0.4, 0.5) is 5.13 Å². The zero-order valence-electron chi connectivity index (χ0n) is 15.4. The van der Waals surface area contributed by atoms with Gasteiger partial charge in [0.15, 0.2) is 0 Å². The van der Waals surface area contributed by atoms with Crippen molar-refractivity contribution in [1.29, 1.82) is 0 Å². The zero-order valence-corrected chi connectivity index (χ0v) is 16.3. The van der Waals surface area contributed by atoms with Crippen LogP contribution in [0.25, 0.3) is 0 Å². The van der Waals surface area contributed by atoms with E-state index in [1.807, 2.05) is 31.2 Å². The minimum atomic E-state index is -0.370. The summed E-state index contributed by atoms with van der Waals surface area (Å²) in [6.45, 7) is 4.86. The molecule has 0 unspecified atom stereocenters. The van der Waals surface area contributed by atoms with Crippen molar-refractivity contribution in [3.05, 3.63) is 40.4 Å². The lowest BCUT2D eigenvalue weighted by Crippen LogP contribution is -2.01. The van der Waals surface area contributed by atoms with Crippen molar-refractivity contribution >= 4 is 28.7 Å². The van der Waals surface area contributed by atoms with Crippen LogP contribution in [-0.2, 0) is 11.2 Å². The van der Waals surface area contributed by atoms with Crippen LogP contribution in [0.1, 0.15) is 54.0 Å². The fraction of sp³-hybridized carbons (Fsp3) is 0.421. The molecular weight excluding hydrogens is 350 g/mol. The van der Waals surface area contributed by atoms with E-state index in [9.17, 15) is 4.79 Å². The highest BCUT2D eigenvalue weighted by Crippen LogP contribution is 2.24. The number of carbonyl (C=O) groups excluding carboxylic acids is 1. The Bertz CT molecular complexity index is 726. The molecule has 26 heavy (non-hydrogen) atoms. The number of hydrogen-bond acceptors (Lipinski definition) is 7. The molecule has 0 bridgehead atoms. The third kappa shape index (κ3) is 5.84. The second-order valence-corrected chi connectivity index (χ2v) is 6.63. The molecule has 140 valence electrons. The van der Waals surface area contributed by atoms with Crippen LogP contribution in [0.15, 0.2) is 29.4 Å². The molecule has 0 aliphatic carbocycles. The molecule has 1 aromatic carbocycles. The van der Waals surface area contributed by atoms with E-state index in [1.165, 1.54) is 31.3 Å². The fourth-order valence-corrected chi connectivity index (χ4v) is 3.17. The Hall–Kier alpha value is -2.41. The van der Waals surface area contributed by atoms with E-state index < -0.39 is 0 Å². The normalized spacial score (nSPS) is 10.9. The van der Waals surface area contributed by atoms with Crippen LogP contribution in [-0.4, -0.2) is 30.9 Å². The molecule has 0 spiro atoms. The van der Waals surface area contributed by atoms with Crippen LogP contribution in [0.5, 0.6) is 5.75 Å². The highest BCUT2D eigenvalue weighted by molar-refractivity contribution is 7.17. The standard InChI is InChI=1S/C19H25N3O3S/c1-4-6-7-12-25-15-10-8-14(9-11-15)13-20-22-19-21-16(5-2)17(26-19)18(23)24-3/h8-11,13H,4-7,12H2,1-3H3,(H,21,22)/b20-13-. The lowest BCUT2D eigenvalue weighted by atomic mass is 10.2. The minimum absolute atomic E-state index is 0.370. The molecular formula is C19H25N3O3S. The number of thiazole rings is 1. The highest BCUT2D eigenvalue weighted by atomic mass is 32.1. The number of esters is 1. The summed E-state index contributed by atoms with van der Waals surface area (Å²) >= 11 is 1.24. The van der Waals surface area contributed by atoms with E-state index in [1.54, 1.807) is 6.21 Å². The Morgan fingerprint density at radius 1 is 1.27 bits per heavy atom. The summed E-state index contributed by atoms with van der Waals surface area (Å²) in [7, 11) is 1.37. The molecule has 0 fully saturated rings. The van der Waals surface area contributed by atoms with E-state index in [-0.39, 0.29) is 5.97 Å². The third-order valence-corrected chi connectivity index (χ3v) is 4.66. The van der Waals surface area contributed by atoms with Gasteiger partial charge >= 0.3 is 5.97 Å². The summed E-state index contributed by atoms with van der Waals surface area (Å²) in [5.41, 5.74) is 4.52. The Balaban J connectivity index is 1.90. The molecule has 0 radical (unpaired) electrons. The number of hydrazone groups is 1. The number of methoxy groups -OCH3 is 1. The number of rotatable bonds is 10. The van der Waals surface area contributed by atoms with Crippen molar-refractivity contribution in [2.75, 3.05) is 19.1 Å². The van der Waals surface area contributed by atoms with Crippen molar-refractivity contribution in [2.45, 2.75) is 39.5 Å². The van der Waals surface area contributed by atoms with Crippen LogP contribution < -0.4 is 10.2 Å². The number of ether oxygens (including phenoxy) is 2. The molecule has 6 nitrogen and oxygen atoms in total. The SMILES string of the molecule is CCCCCOc1ccc(/C=N\Nc2nc(CC)c(C(=O)OC)s2)cc1. The lowest BCUT2D eigenvalue weighted by Gasteiger charge is -2.05. The molecule has 2 rings (SSSR count). The molecule has 0 atom stereocenters. The van der Waals surface area contributed by atoms with Crippen molar-refractivity contribution in [2.24, 2.45) is 5.10 Å². The molecule has 7 heteroatoms. The smallest absolute Gasteiger partial charge is 0.350 e. The lowest BCUT2D eigenvalue weighted by molar-refractivity contribution is 0.0605. The second kappa shape index (κ2) is 10.6. The van der Waals surface area contributed by atoms with E-state index >= 15 is 0 Å². The van der Waals surface area contributed by atoms with Crippen molar-refractivity contribution in [1.82, 2.24) is 4.98 Å². The average molecular weight is 375 g/mol. The first kappa shape index (κ1) is 19.9. The van der Waals surface area contributed by atoms with Gasteiger partial charge in [-0.1, -0.05) is 38.0 Å². The van der Waals surface area contributed by atoms with Gasteiger partial charge in [-0.25, -0.2) is 9.78 Å². The number of anilines is 1. The first-order chi connectivity index (χ1) is 12.7. The van der Waals surface area contributed by atoms with Crippen LogP contribution in [0, 0.1) is 0 Å². The maximum Gasteiger partial charge on any atom is 0.350 e. The predicted octanol–water partition coefficient (Wildman–Crippen LogP) is 4.51. The van der Waals surface area contributed by atoms with Gasteiger partial charge in [0.1, 0.15) is 10.6 Å². The number of carbonyl (C=O) groups is 1. The van der Waals surface area contributed by atoms with E-state index in [4.69, 9.17) is 9.47 Å². The number of nitrogens with one attached hydrogen (secondary N) is 1. The first-order valence-corrected chi connectivity index (χ1v) is 9.59. The molecule has 2 aromatic rings. The quantitative estimate of drug-likeness (QED) is 0.286. The summed E-state index contributed by atoms with van der Waals surface area (Å²) in [4.78, 5) is 16.6. The Morgan fingerprint density at radius 3 is 2.69 bits per heavy atom. The number of hydrogen-bond donors (Lipinski definition) is 1. The summed E-state index contributed by atoms with van der Waals surface area (Å²) in [6, 6.07) is 7.75. The zero-order chi connectivity index (χ0) is 18.8. The van der Waals surface area contributed by atoms with Gasteiger partial charge in [0, 0.05) is 0 Å².